The van der Waals surface area contributed by atoms with Gasteiger partial charge in [-0.25, -0.2) is 0 Å². The van der Waals surface area contributed by atoms with Crippen molar-refractivity contribution in [3.05, 3.63) is 48.2 Å². The molecule has 0 spiro atoms. The van der Waals surface area contributed by atoms with E-state index in [1.807, 2.05) is 20.1 Å². The van der Waals surface area contributed by atoms with Gasteiger partial charge in [0.2, 0.25) is 0 Å². The summed E-state index contributed by atoms with van der Waals surface area (Å²) in [6.07, 6.45) is 24.4. The molecule has 0 bridgehead atoms. The molecule has 2 aliphatic heterocycles. The van der Waals surface area contributed by atoms with Gasteiger partial charge in [0, 0.05) is 24.9 Å². The van der Waals surface area contributed by atoms with Gasteiger partial charge in [-0.2, -0.15) is 0 Å². The third-order valence-electron chi connectivity index (χ3n) is 4.77. The van der Waals surface area contributed by atoms with Crippen LogP contribution in [0, 0.1) is 5.92 Å². The van der Waals surface area contributed by atoms with Crippen molar-refractivity contribution in [3.63, 3.8) is 0 Å². The number of piperidine rings is 1. The largest absolute Gasteiger partial charge is 0.296 e. The molecule has 1 unspecified atom stereocenters. The second kappa shape index (κ2) is 18.0. The summed E-state index contributed by atoms with van der Waals surface area (Å²) < 4.78 is 0. The molecule has 2 nitrogen and oxygen atoms in total. The lowest BCUT2D eigenvalue weighted by Gasteiger charge is -2.37. The quantitative estimate of drug-likeness (QED) is 0.345. The molecule has 0 saturated carbocycles. The number of hydrogen-bond acceptors (Lipinski definition) is 2. The van der Waals surface area contributed by atoms with E-state index in [0.717, 1.165) is 31.6 Å². The van der Waals surface area contributed by atoms with E-state index < -0.39 is 0 Å². The van der Waals surface area contributed by atoms with Gasteiger partial charge in [0.1, 0.15) is 0 Å². The van der Waals surface area contributed by atoms with Crippen molar-refractivity contribution in [1.82, 2.24) is 4.90 Å². The Hall–Kier alpha value is -1.41. The number of nitrogens with zero attached hydrogens (tertiary/aromatic N) is 2. The molecule has 2 heterocycles. The minimum absolute atomic E-state index is 0. The van der Waals surface area contributed by atoms with Crippen molar-refractivity contribution in [2.24, 2.45) is 10.9 Å². The van der Waals surface area contributed by atoms with Gasteiger partial charge in [-0.1, -0.05) is 79.0 Å². The molecule has 2 heteroatoms. The van der Waals surface area contributed by atoms with Crippen LogP contribution in [0.5, 0.6) is 0 Å². The van der Waals surface area contributed by atoms with Crippen LogP contribution in [0.2, 0.25) is 0 Å². The maximum absolute atomic E-state index is 4.50. The number of aliphatic imine (C=N–C) groups is 1. The molecular weight excluding hydrogens is 328 g/mol. The predicted molar refractivity (Wildman–Crippen MR) is 127 cm³/mol. The van der Waals surface area contributed by atoms with Gasteiger partial charge in [-0.3, -0.25) is 9.89 Å². The van der Waals surface area contributed by atoms with Crippen LogP contribution in [0.4, 0.5) is 0 Å². The summed E-state index contributed by atoms with van der Waals surface area (Å²) in [5, 5.41) is 0. The molecular formula is C25H46N2. The smallest absolute Gasteiger partial charge is 0.0363 e. The van der Waals surface area contributed by atoms with E-state index in [1.54, 1.807) is 0 Å². The van der Waals surface area contributed by atoms with Gasteiger partial charge in [0.25, 0.3) is 0 Å². The minimum Gasteiger partial charge on any atom is -0.296 e. The van der Waals surface area contributed by atoms with E-state index in [0.29, 0.717) is 6.04 Å². The summed E-state index contributed by atoms with van der Waals surface area (Å²) in [6, 6.07) is 0.494. The fraction of sp³-hybridized carbons (Fsp3) is 0.640. The zero-order valence-corrected chi connectivity index (χ0v) is 16.8. The van der Waals surface area contributed by atoms with Crippen molar-refractivity contribution in [1.29, 1.82) is 0 Å². The molecule has 0 amide bonds. The van der Waals surface area contributed by atoms with Crippen LogP contribution in [-0.4, -0.2) is 30.2 Å². The molecule has 27 heavy (non-hydrogen) atoms. The highest BCUT2D eigenvalue weighted by Crippen LogP contribution is 2.25. The molecule has 0 N–H and O–H groups in total. The Labute approximate surface area is 170 Å². The van der Waals surface area contributed by atoms with E-state index in [1.165, 1.54) is 31.5 Å². The molecule has 1 fully saturated rings. The fourth-order valence-corrected chi connectivity index (χ4v) is 3.24. The summed E-state index contributed by atoms with van der Waals surface area (Å²) in [4.78, 5) is 7.17. The van der Waals surface area contributed by atoms with Gasteiger partial charge in [0.15, 0.2) is 0 Å². The number of rotatable bonds is 6. The molecule has 2 aliphatic rings. The highest BCUT2D eigenvalue weighted by Gasteiger charge is 2.24. The topological polar surface area (TPSA) is 15.6 Å². The van der Waals surface area contributed by atoms with Crippen LogP contribution in [0.25, 0.3) is 0 Å². The summed E-state index contributed by atoms with van der Waals surface area (Å²) in [6.45, 7) is 11.0. The standard InChI is InChI=1S/C21H32N2.C2H6.2CH4/c1-3-4-5-6-9-12-21(23-16-13-19(2)14-17-23)20-11-8-7-10-15-22-18-20;1-2;;/h4-9,15,18-19,21H,3,10-14,16-17H2,1-2H3;1-2H3;2*1H4/b5-4-,8-7?,9-6-,20-18+,22-15?;;;. The van der Waals surface area contributed by atoms with E-state index >= 15 is 0 Å². The maximum atomic E-state index is 4.50. The van der Waals surface area contributed by atoms with Crippen molar-refractivity contribution >= 4 is 6.21 Å². The summed E-state index contributed by atoms with van der Waals surface area (Å²) in [5.74, 6) is 0.874. The Morgan fingerprint density at radius 3 is 2.44 bits per heavy atom. The Balaban J connectivity index is 0. The maximum Gasteiger partial charge on any atom is 0.0363 e. The minimum atomic E-state index is 0. The van der Waals surface area contributed by atoms with Crippen LogP contribution in [0.3, 0.4) is 0 Å². The van der Waals surface area contributed by atoms with Gasteiger partial charge in [-0.15, -0.1) is 0 Å². The normalized spacial score (nSPS) is 21.3. The first-order valence-corrected chi connectivity index (χ1v) is 10.2. The lowest BCUT2D eigenvalue weighted by Crippen LogP contribution is -2.41. The number of likely N-dealkylation sites (tertiary alicyclic amines) is 1. The first-order valence-electron chi connectivity index (χ1n) is 10.2. The van der Waals surface area contributed by atoms with Crippen molar-refractivity contribution in [2.75, 3.05) is 13.1 Å². The van der Waals surface area contributed by atoms with Crippen LogP contribution in [-0.2, 0) is 0 Å². The number of hydrogen-bond donors (Lipinski definition) is 0. The molecule has 2 rings (SSSR count). The van der Waals surface area contributed by atoms with E-state index in [2.05, 4.69) is 66.4 Å². The van der Waals surface area contributed by atoms with Crippen LogP contribution in [0.15, 0.2) is 53.2 Å². The second-order valence-electron chi connectivity index (χ2n) is 6.68. The lowest BCUT2D eigenvalue weighted by molar-refractivity contribution is 0.154. The highest BCUT2D eigenvalue weighted by atomic mass is 15.2. The van der Waals surface area contributed by atoms with Gasteiger partial charge >= 0.3 is 0 Å². The monoisotopic (exact) mass is 374 g/mol. The Bertz CT molecular complexity index is 475. The molecule has 0 radical (unpaired) electrons. The summed E-state index contributed by atoms with van der Waals surface area (Å²) in [5.41, 5.74) is 1.45. The van der Waals surface area contributed by atoms with Crippen LogP contribution >= 0.6 is 0 Å². The third kappa shape index (κ3) is 11.1. The molecule has 0 aromatic heterocycles. The average Bonchev–Trinajstić information content (AvgIpc) is 2.62. The van der Waals surface area contributed by atoms with Gasteiger partial charge in [0.05, 0.1) is 0 Å². The fourth-order valence-electron chi connectivity index (χ4n) is 3.24. The van der Waals surface area contributed by atoms with Crippen LogP contribution < -0.4 is 0 Å². The molecule has 1 saturated heterocycles. The zero-order valence-electron chi connectivity index (χ0n) is 16.8. The molecule has 0 aliphatic carbocycles. The van der Waals surface area contributed by atoms with Crippen molar-refractivity contribution in [3.8, 4) is 0 Å². The Morgan fingerprint density at radius 1 is 1.11 bits per heavy atom. The van der Waals surface area contributed by atoms with Crippen molar-refractivity contribution < 1.29 is 0 Å². The highest BCUT2D eigenvalue weighted by molar-refractivity contribution is 5.60. The summed E-state index contributed by atoms with van der Waals surface area (Å²) >= 11 is 0. The number of allylic oxidation sites excluding steroid dienone is 5. The SMILES string of the molecule is C.C.CC.CC/C=C\C=C/CC(/C1=C/N=CCC=CC1)N1CCC(C)CC1. The summed E-state index contributed by atoms with van der Waals surface area (Å²) in [7, 11) is 0. The first-order chi connectivity index (χ1) is 12.3. The van der Waals surface area contributed by atoms with E-state index in [4.69, 9.17) is 0 Å². The van der Waals surface area contributed by atoms with E-state index in [9.17, 15) is 0 Å². The second-order valence-corrected chi connectivity index (χ2v) is 6.68. The Kier molecular flexibility index (Phi) is 18.5. The molecule has 156 valence electrons. The average molecular weight is 375 g/mol. The third-order valence-corrected chi connectivity index (χ3v) is 4.77. The van der Waals surface area contributed by atoms with Crippen molar-refractivity contribution in [2.45, 2.75) is 87.1 Å². The molecule has 0 aromatic rings. The Morgan fingerprint density at radius 2 is 1.78 bits per heavy atom. The molecule has 0 aromatic carbocycles. The van der Waals surface area contributed by atoms with E-state index in [-0.39, 0.29) is 14.9 Å². The van der Waals surface area contributed by atoms with Gasteiger partial charge in [-0.05, 0) is 56.7 Å². The zero-order chi connectivity index (χ0) is 18.3. The van der Waals surface area contributed by atoms with Gasteiger partial charge < -0.3 is 0 Å². The first kappa shape index (κ1) is 27.8. The lowest BCUT2D eigenvalue weighted by atomic mass is 9.93. The van der Waals surface area contributed by atoms with Crippen LogP contribution in [0.1, 0.15) is 81.1 Å². The predicted octanol–water partition coefficient (Wildman–Crippen LogP) is 7.60. The molecule has 1 atom stereocenters.